The van der Waals surface area contributed by atoms with Gasteiger partial charge in [0.15, 0.2) is 0 Å². The molecule has 2 aromatic rings. The van der Waals surface area contributed by atoms with Gasteiger partial charge in [-0.15, -0.1) is 0 Å². The molecule has 0 radical (unpaired) electrons. The van der Waals surface area contributed by atoms with E-state index in [1.54, 1.807) is 4.90 Å². The normalized spacial score (nSPS) is 14.3. The molecule has 0 fully saturated rings. The second-order valence-corrected chi connectivity index (χ2v) is 5.83. The fraction of sp³-hybridized carbons (Fsp3) is 0.250. The van der Waals surface area contributed by atoms with Crippen LogP contribution in [-0.2, 0) is 11.3 Å². The largest absolute Gasteiger partial charge is 0.445 e. The molecule has 0 bridgehead atoms. The molecule has 23 heavy (non-hydrogen) atoms. The molecule has 118 valence electrons. The van der Waals surface area contributed by atoms with Gasteiger partial charge in [0.2, 0.25) is 0 Å². The Bertz CT molecular complexity index is 689. The maximum absolute atomic E-state index is 12.1. The Hall–Kier alpha value is -2.55. The highest BCUT2D eigenvalue weighted by atomic mass is 16.6. The van der Waals surface area contributed by atoms with Crippen molar-refractivity contribution in [2.45, 2.75) is 20.0 Å². The number of ether oxygens (including phenoxy) is 1. The standard InChI is InChI=1S/C20H21NO2/c1-16-7-9-18(10-8-16)19-11-13-21(14-12-19)20(22)23-15-17-5-3-2-4-6-17/h2-11H,12-15H2,1H3. The monoisotopic (exact) mass is 307 g/mol. The van der Waals surface area contributed by atoms with Crippen molar-refractivity contribution in [2.75, 3.05) is 13.1 Å². The molecule has 1 aliphatic heterocycles. The number of benzene rings is 2. The summed E-state index contributed by atoms with van der Waals surface area (Å²) in [5, 5.41) is 0. The highest BCUT2D eigenvalue weighted by Gasteiger charge is 2.19. The molecule has 0 saturated carbocycles. The first-order valence-electron chi connectivity index (χ1n) is 7.94. The molecule has 1 aliphatic rings. The van der Waals surface area contributed by atoms with Gasteiger partial charge in [-0.05, 0) is 30.0 Å². The summed E-state index contributed by atoms with van der Waals surface area (Å²) in [5.74, 6) is 0. The zero-order valence-corrected chi connectivity index (χ0v) is 13.4. The van der Waals surface area contributed by atoms with Gasteiger partial charge in [0.05, 0.1) is 0 Å². The maximum Gasteiger partial charge on any atom is 0.410 e. The molecule has 1 heterocycles. The number of hydrogen-bond donors (Lipinski definition) is 0. The Morgan fingerprint density at radius 2 is 1.83 bits per heavy atom. The van der Waals surface area contributed by atoms with E-state index in [1.165, 1.54) is 16.7 Å². The molecule has 0 unspecified atom stereocenters. The summed E-state index contributed by atoms with van der Waals surface area (Å²) in [6, 6.07) is 18.3. The van der Waals surface area contributed by atoms with Crippen molar-refractivity contribution >= 4 is 11.7 Å². The topological polar surface area (TPSA) is 29.5 Å². The van der Waals surface area contributed by atoms with Crippen LogP contribution in [-0.4, -0.2) is 24.1 Å². The van der Waals surface area contributed by atoms with E-state index in [9.17, 15) is 4.79 Å². The predicted molar refractivity (Wildman–Crippen MR) is 92.0 cm³/mol. The number of aryl methyl sites for hydroxylation is 1. The van der Waals surface area contributed by atoms with Crippen LogP contribution in [0.15, 0.2) is 60.7 Å². The highest BCUT2D eigenvalue weighted by molar-refractivity contribution is 5.72. The van der Waals surface area contributed by atoms with E-state index in [1.807, 2.05) is 30.3 Å². The van der Waals surface area contributed by atoms with Gasteiger partial charge in [0.1, 0.15) is 6.61 Å². The Kier molecular flexibility index (Phi) is 4.77. The van der Waals surface area contributed by atoms with Gasteiger partial charge in [-0.25, -0.2) is 4.79 Å². The van der Waals surface area contributed by atoms with Crippen molar-refractivity contribution in [1.29, 1.82) is 0 Å². The molecule has 3 nitrogen and oxygen atoms in total. The van der Waals surface area contributed by atoms with Crippen LogP contribution in [0.5, 0.6) is 0 Å². The van der Waals surface area contributed by atoms with Gasteiger partial charge >= 0.3 is 6.09 Å². The lowest BCUT2D eigenvalue weighted by Gasteiger charge is -2.26. The van der Waals surface area contributed by atoms with E-state index in [0.29, 0.717) is 19.7 Å². The molecular formula is C20H21NO2. The second kappa shape index (κ2) is 7.14. The first-order chi connectivity index (χ1) is 11.2. The van der Waals surface area contributed by atoms with Crippen LogP contribution in [0.4, 0.5) is 4.79 Å². The first kappa shape index (κ1) is 15.3. The first-order valence-corrected chi connectivity index (χ1v) is 7.94. The molecule has 0 aliphatic carbocycles. The Morgan fingerprint density at radius 3 is 2.48 bits per heavy atom. The van der Waals surface area contributed by atoms with Gasteiger partial charge in [-0.3, -0.25) is 0 Å². The zero-order chi connectivity index (χ0) is 16.1. The average molecular weight is 307 g/mol. The Morgan fingerprint density at radius 1 is 1.09 bits per heavy atom. The van der Waals surface area contributed by atoms with Crippen molar-refractivity contribution in [1.82, 2.24) is 4.90 Å². The van der Waals surface area contributed by atoms with Gasteiger partial charge in [-0.1, -0.05) is 66.2 Å². The smallest absolute Gasteiger partial charge is 0.410 e. The number of nitrogens with zero attached hydrogens (tertiary/aromatic N) is 1. The summed E-state index contributed by atoms with van der Waals surface area (Å²) in [6.07, 6.45) is 2.75. The van der Waals surface area contributed by atoms with Gasteiger partial charge in [0.25, 0.3) is 0 Å². The van der Waals surface area contributed by atoms with Crippen LogP contribution in [0.2, 0.25) is 0 Å². The van der Waals surface area contributed by atoms with Crippen molar-refractivity contribution in [3.63, 3.8) is 0 Å². The third-order valence-corrected chi connectivity index (χ3v) is 4.09. The van der Waals surface area contributed by atoms with E-state index < -0.39 is 0 Å². The van der Waals surface area contributed by atoms with Crippen LogP contribution in [0.25, 0.3) is 5.57 Å². The summed E-state index contributed by atoms with van der Waals surface area (Å²) in [7, 11) is 0. The van der Waals surface area contributed by atoms with Crippen molar-refractivity contribution in [3.05, 3.63) is 77.4 Å². The average Bonchev–Trinajstić information content (AvgIpc) is 2.61. The SMILES string of the molecule is Cc1ccc(C2=CCN(C(=O)OCc3ccccc3)CC2)cc1. The number of carbonyl (C=O) groups is 1. The number of carbonyl (C=O) groups excluding carboxylic acids is 1. The summed E-state index contributed by atoms with van der Waals surface area (Å²) >= 11 is 0. The number of hydrogen-bond acceptors (Lipinski definition) is 2. The third-order valence-electron chi connectivity index (χ3n) is 4.09. The molecule has 0 N–H and O–H groups in total. The molecule has 0 atom stereocenters. The van der Waals surface area contributed by atoms with Crippen molar-refractivity contribution in [3.8, 4) is 0 Å². The molecule has 1 amide bonds. The minimum absolute atomic E-state index is 0.243. The van der Waals surface area contributed by atoms with E-state index in [0.717, 1.165) is 12.0 Å². The second-order valence-electron chi connectivity index (χ2n) is 5.83. The fourth-order valence-corrected chi connectivity index (χ4v) is 2.68. The number of amides is 1. The van der Waals surface area contributed by atoms with E-state index in [-0.39, 0.29) is 6.09 Å². The van der Waals surface area contributed by atoms with E-state index in [2.05, 4.69) is 37.3 Å². The van der Waals surface area contributed by atoms with Gasteiger partial charge < -0.3 is 9.64 Å². The highest BCUT2D eigenvalue weighted by Crippen LogP contribution is 2.23. The molecule has 0 saturated heterocycles. The summed E-state index contributed by atoms with van der Waals surface area (Å²) < 4.78 is 5.38. The van der Waals surface area contributed by atoms with Crippen LogP contribution < -0.4 is 0 Å². The summed E-state index contributed by atoms with van der Waals surface area (Å²) in [6.45, 7) is 3.72. The van der Waals surface area contributed by atoms with Crippen molar-refractivity contribution in [2.24, 2.45) is 0 Å². The lowest BCUT2D eigenvalue weighted by Crippen LogP contribution is -2.35. The van der Waals surface area contributed by atoms with Crippen LogP contribution in [0.1, 0.15) is 23.1 Å². The molecule has 0 spiro atoms. The quantitative estimate of drug-likeness (QED) is 0.840. The van der Waals surface area contributed by atoms with Crippen LogP contribution in [0, 0.1) is 6.92 Å². The fourth-order valence-electron chi connectivity index (χ4n) is 2.68. The minimum atomic E-state index is -0.243. The molecular weight excluding hydrogens is 286 g/mol. The maximum atomic E-state index is 12.1. The van der Waals surface area contributed by atoms with Gasteiger partial charge in [0, 0.05) is 13.1 Å². The lowest BCUT2D eigenvalue weighted by atomic mass is 9.99. The number of rotatable bonds is 3. The predicted octanol–water partition coefficient (Wildman–Crippen LogP) is 4.42. The van der Waals surface area contributed by atoms with Crippen LogP contribution in [0.3, 0.4) is 0 Å². The minimum Gasteiger partial charge on any atom is -0.445 e. The lowest BCUT2D eigenvalue weighted by molar-refractivity contribution is 0.0998. The molecule has 3 rings (SSSR count). The molecule has 2 aromatic carbocycles. The van der Waals surface area contributed by atoms with E-state index in [4.69, 9.17) is 4.74 Å². The Balaban J connectivity index is 1.55. The van der Waals surface area contributed by atoms with Crippen LogP contribution >= 0.6 is 0 Å². The van der Waals surface area contributed by atoms with Gasteiger partial charge in [-0.2, -0.15) is 0 Å². The third kappa shape index (κ3) is 4.01. The van der Waals surface area contributed by atoms with E-state index >= 15 is 0 Å². The zero-order valence-electron chi connectivity index (χ0n) is 13.4. The summed E-state index contributed by atoms with van der Waals surface area (Å²) in [4.78, 5) is 13.9. The molecule has 0 aromatic heterocycles. The van der Waals surface area contributed by atoms with Crippen molar-refractivity contribution < 1.29 is 9.53 Å². The molecule has 3 heteroatoms. The summed E-state index contributed by atoms with van der Waals surface area (Å²) in [5.41, 5.74) is 4.81. The Labute approximate surface area is 137 Å².